The zero-order chi connectivity index (χ0) is 9.71. The van der Waals surface area contributed by atoms with E-state index >= 15 is 0 Å². The summed E-state index contributed by atoms with van der Waals surface area (Å²) >= 11 is 0. The molecule has 0 aromatic heterocycles. The third kappa shape index (κ3) is 1.43. The van der Waals surface area contributed by atoms with Gasteiger partial charge in [0, 0.05) is 12.0 Å². The molecule has 0 aliphatic carbocycles. The Morgan fingerprint density at radius 1 is 1.47 bits per heavy atom. The van der Waals surface area contributed by atoms with E-state index in [1.165, 1.54) is 0 Å². The van der Waals surface area contributed by atoms with E-state index in [4.69, 9.17) is 4.84 Å². The molecule has 0 radical (unpaired) electrons. The second-order valence-corrected chi connectivity index (χ2v) is 3.34. The second-order valence-electron chi connectivity index (χ2n) is 3.34. The van der Waals surface area contributed by atoms with Gasteiger partial charge in [0.1, 0.15) is 0 Å². The van der Waals surface area contributed by atoms with Crippen LogP contribution in [0.25, 0.3) is 5.70 Å². The number of fused-ring (bicyclic) bond motifs is 2. The van der Waals surface area contributed by atoms with Crippen molar-refractivity contribution in [3.8, 4) is 5.75 Å². The Labute approximate surface area is 98.8 Å². The number of hydrogen-bond donors (Lipinski definition) is 1. The zero-order valence-corrected chi connectivity index (χ0v) is 8.33. The van der Waals surface area contributed by atoms with Crippen LogP contribution in [0.4, 0.5) is 5.69 Å². The van der Waals surface area contributed by atoms with Gasteiger partial charge in [0.2, 0.25) is 0 Å². The fourth-order valence-corrected chi connectivity index (χ4v) is 1.68. The summed E-state index contributed by atoms with van der Waals surface area (Å²) in [4.78, 5) is 9.07. The van der Waals surface area contributed by atoms with Gasteiger partial charge in [-0.25, -0.2) is 5.48 Å². The Morgan fingerprint density at radius 3 is 3.07 bits per heavy atom. The van der Waals surface area contributed by atoms with E-state index in [1.807, 2.05) is 12.1 Å². The predicted molar refractivity (Wildman–Crippen MR) is 50.0 cm³/mol. The number of aliphatic imine (C=N–C) groups is 1. The molecule has 1 aromatic carbocycles. The van der Waals surface area contributed by atoms with Crippen molar-refractivity contribution in [1.82, 2.24) is 5.48 Å². The number of hydrogen-bond acceptors (Lipinski definition) is 4. The number of hydroxylamine groups is 1. The van der Waals surface area contributed by atoms with Crippen molar-refractivity contribution < 1.29 is 28.8 Å². The molecule has 0 spiro atoms. The average molecular weight is 194 g/mol. The molecule has 1 N–H and O–H groups in total. The van der Waals surface area contributed by atoms with Crippen molar-refractivity contribution in [2.24, 2.45) is 4.99 Å². The fraction of sp³-hybridized carbons (Fsp3) is 0.100. The first kappa shape index (κ1) is 10.2. The summed E-state index contributed by atoms with van der Waals surface area (Å²) in [6.07, 6.45) is 0.373. The second kappa shape index (κ2) is 3.33. The number of nitrogens with zero attached hydrogens (tertiary/aromatic N) is 1. The Morgan fingerprint density at radius 2 is 2.27 bits per heavy atom. The third-order valence-corrected chi connectivity index (χ3v) is 2.38. The summed E-state index contributed by atoms with van der Waals surface area (Å²) in [6, 6.07) is 3.67. The van der Waals surface area contributed by atoms with Crippen LogP contribution in [0, 0.1) is 0 Å². The molecule has 2 aliphatic heterocycles. The predicted octanol–water partition coefficient (Wildman–Crippen LogP) is -2.50. The fourth-order valence-electron chi connectivity index (χ4n) is 1.68. The van der Waals surface area contributed by atoms with E-state index < -0.39 is 0 Å². The summed E-state index contributed by atoms with van der Waals surface area (Å²) in [5, 5.41) is 11.1. The van der Waals surface area contributed by atoms with Gasteiger partial charge in [-0.15, -0.1) is 0 Å². The first-order valence-corrected chi connectivity index (χ1v) is 4.27. The van der Waals surface area contributed by atoms with Crippen molar-refractivity contribution >= 4 is 17.3 Å². The largest absolute Gasteiger partial charge is 1.00 e. The zero-order valence-electron chi connectivity index (χ0n) is 8.33. The van der Waals surface area contributed by atoms with Gasteiger partial charge < -0.3 is 9.94 Å². The van der Waals surface area contributed by atoms with Crippen LogP contribution in [0.2, 0.25) is 0 Å². The molecule has 4 nitrogen and oxygen atoms in total. The molecule has 0 unspecified atom stereocenters. The Balaban J connectivity index is 0.000000853. The molecule has 1 aromatic rings. The Kier molecular flexibility index (Phi) is 2.26. The van der Waals surface area contributed by atoms with Crippen LogP contribution in [-0.2, 0) is 6.42 Å². The molecule has 3 rings (SSSR count). The number of rotatable bonds is 0. The van der Waals surface area contributed by atoms with Crippen molar-refractivity contribution in [1.29, 1.82) is 0 Å². The smallest absolute Gasteiger partial charge is 0.861 e. The number of benzene rings is 1. The van der Waals surface area contributed by atoms with E-state index in [-0.39, 0.29) is 24.8 Å². The van der Waals surface area contributed by atoms with E-state index in [0.29, 0.717) is 12.1 Å². The summed E-state index contributed by atoms with van der Waals surface area (Å²) in [5.74, 6) is 0.626. The molecular formula is C10H7LiN2O2. The van der Waals surface area contributed by atoms with Gasteiger partial charge in [-0.2, -0.15) is 0 Å². The van der Waals surface area contributed by atoms with Crippen LogP contribution in [-0.4, -0.2) is 5.90 Å². The van der Waals surface area contributed by atoms with E-state index in [0.717, 1.165) is 22.6 Å². The van der Waals surface area contributed by atoms with Crippen molar-refractivity contribution in [2.45, 2.75) is 6.42 Å². The van der Waals surface area contributed by atoms with Gasteiger partial charge in [0.05, 0.1) is 11.4 Å². The Bertz CT molecular complexity index is 483. The molecule has 0 saturated carbocycles. The molecule has 0 bridgehead atoms. The molecule has 0 amide bonds. The molecule has 70 valence electrons. The minimum Gasteiger partial charge on any atom is -0.861 e. The van der Waals surface area contributed by atoms with Crippen LogP contribution in [0.15, 0.2) is 23.7 Å². The van der Waals surface area contributed by atoms with Crippen molar-refractivity contribution in [3.05, 3.63) is 29.8 Å². The third-order valence-electron chi connectivity index (χ3n) is 2.38. The van der Waals surface area contributed by atoms with Gasteiger partial charge >= 0.3 is 18.9 Å². The van der Waals surface area contributed by atoms with Gasteiger partial charge in [-0.3, -0.25) is 4.99 Å². The standard InChI is InChI=1S/C10H8N2O2.Li/c1-5-7-4-8-6(3-10(13)11-8)2-9(7)14-12-5;/h2,4,12H,1,3H2,(H,11,13);/q;+1/p-1. The minimum atomic E-state index is -0.0951. The summed E-state index contributed by atoms with van der Waals surface area (Å²) in [7, 11) is 0. The first-order valence-electron chi connectivity index (χ1n) is 4.27. The monoisotopic (exact) mass is 194 g/mol. The van der Waals surface area contributed by atoms with Crippen LogP contribution >= 0.6 is 0 Å². The maximum absolute atomic E-state index is 11.1. The molecule has 2 heterocycles. The van der Waals surface area contributed by atoms with Crippen LogP contribution < -0.4 is 34.3 Å². The quantitative estimate of drug-likeness (QED) is 0.465. The van der Waals surface area contributed by atoms with Crippen LogP contribution in [0.1, 0.15) is 11.1 Å². The first-order chi connectivity index (χ1) is 6.74. The van der Waals surface area contributed by atoms with Gasteiger partial charge in [0.25, 0.3) is 0 Å². The molecule has 0 saturated heterocycles. The van der Waals surface area contributed by atoms with Gasteiger partial charge in [-0.1, -0.05) is 6.58 Å². The van der Waals surface area contributed by atoms with E-state index in [1.54, 1.807) is 0 Å². The average Bonchev–Trinajstić information content (AvgIpc) is 2.66. The van der Waals surface area contributed by atoms with Crippen LogP contribution in [0.3, 0.4) is 0 Å². The van der Waals surface area contributed by atoms with Gasteiger partial charge in [0.15, 0.2) is 5.75 Å². The summed E-state index contributed by atoms with van der Waals surface area (Å²) in [6.45, 7) is 3.78. The summed E-state index contributed by atoms with van der Waals surface area (Å²) in [5.41, 5.74) is 5.92. The van der Waals surface area contributed by atoms with E-state index in [9.17, 15) is 5.11 Å². The molecule has 15 heavy (non-hydrogen) atoms. The molecule has 5 heteroatoms. The minimum absolute atomic E-state index is 0. The van der Waals surface area contributed by atoms with E-state index in [2.05, 4.69) is 17.1 Å². The topological polar surface area (TPSA) is 56.7 Å². The summed E-state index contributed by atoms with van der Waals surface area (Å²) < 4.78 is 0. The SMILES string of the molecule is C=C1NOc2cc3c(cc21)N=C([O-])C3.[Li+]. The van der Waals surface area contributed by atoms with Crippen LogP contribution in [0.5, 0.6) is 5.75 Å². The molecule has 2 aliphatic rings. The molecule has 0 atom stereocenters. The number of nitrogens with one attached hydrogen (secondary N) is 1. The molecule has 0 fully saturated rings. The van der Waals surface area contributed by atoms with Crippen molar-refractivity contribution in [3.63, 3.8) is 0 Å². The van der Waals surface area contributed by atoms with Gasteiger partial charge in [-0.05, 0) is 23.6 Å². The molecular weight excluding hydrogens is 187 g/mol. The normalized spacial score (nSPS) is 15.7. The maximum Gasteiger partial charge on any atom is 1.00 e. The Hall–Kier alpha value is -1.37. The maximum atomic E-state index is 11.1. The van der Waals surface area contributed by atoms with Crippen molar-refractivity contribution in [2.75, 3.05) is 0 Å².